The Morgan fingerprint density at radius 2 is 1.81 bits per heavy atom. The smallest absolute Gasteiger partial charge is 0.123 e. The van der Waals surface area contributed by atoms with Gasteiger partial charge in [0.1, 0.15) is 17.7 Å². The molecule has 0 saturated carbocycles. The summed E-state index contributed by atoms with van der Waals surface area (Å²) in [6.45, 7) is 0. The highest BCUT2D eigenvalue weighted by atomic mass is 19.1. The zero-order valence-corrected chi connectivity index (χ0v) is 11.7. The molecule has 0 radical (unpaired) electrons. The van der Waals surface area contributed by atoms with Crippen LogP contribution < -0.4 is 10.2 Å². The first kappa shape index (κ1) is 13.6. The van der Waals surface area contributed by atoms with Gasteiger partial charge in [-0.25, -0.2) is 4.39 Å². The van der Waals surface area contributed by atoms with E-state index in [0.29, 0.717) is 6.42 Å². The van der Waals surface area contributed by atoms with Crippen molar-refractivity contribution in [1.82, 2.24) is 5.48 Å². The van der Waals surface area contributed by atoms with Crippen molar-refractivity contribution in [1.29, 1.82) is 0 Å². The van der Waals surface area contributed by atoms with Crippen molar-refractivity contribution in [3.05, 3.63) is 71.6 Å². The number of hydroxylamine groups is 1. The number of ether oxygens (including phenoxy) is 1. The van der Waals surface area contributed by atoms with Gasteiger partial charge >= 0.3 is 0 Å². The van der Waals surface area contributed by atoms with Crippen LogP contribution in [0.2, 0.25) is 0 Å². The maximum atomic E-state index is 12.9. The van der Waals surface area contributed by atoms with Crippen molar-refractivity contribution in [2.24, 2.45) is 0 Å². The molecule has 2 aromatic carbocycles. The average Bonchev–Trinajstić information content (AvgIpc) is 2.98. The molecule has 0 aliphatic carbocycles. The second-order valence-electron chi connectivity index (χ2n) is 4.90. The Morgan fingerprint density at radius 1 is 1.10 bits per heavy atom. The molecule has 108 valence electrons. The molecule has 1 N–H and O–H groups in total. The molecule has 1 aliphatic rings. The highest BCUT2D eigenvalue weighted by Gasteiger charge is 2.18. The molecule has 0 fully saturated rings. The van der Waals surface area contributed by atoms with Crippen LogP contribution in [0.5, 0.6) is 5.75 Å². The van der Waals surface area contributed by atoms with E-state index in [1.807, 2.05) is 30.3 Å². The highest BCUT2D eigenvalue weighted by molar-refractivity contribution is 5.65. The molecule has 2 aromatic rings. The van der Waals surface area contributed by atoms with E-state index in [-0.39, 0.29) is 11.9 Å². The van der Waals surface area contributed by atoms with E-state index in [0.717, 1.165) is 22.6 Å². The minimum Gasteiger partial charge on any atom is -0.497 e. The van der Waals surface area contributed by atoms with Gasteiger partial charge in [-0.2, -0.15) is 0 Å². The third kappa shape index (κ3) is 3.23. The summed E-state index contributed by atoms with van der Waals surface area (Å²) in [6.07, 6.45) is 2.67. The first-order valence-electron chi connectivity index (χ1n) is 6.77. The first-order valence-corrected chi connectivity index (χ1v) is 6.77. The fraction of sp³-hybridized carbons (Fsp3) is 0.176. The van der Waals surface area contributed by atoms with E-state index < -0.39 is 0 Å². The van der Waals surface area contributed by atoms with Crippen molar-refractivity contribution < 1.29 is 14.0 Å². The molecule has 3 nitrogen and oxygen atoms in total. The van der Waals surface area contributed by atoms with Crippen LogP contribution in [0.25, 0.3) is 5.70 Å². The van der Waals surface area contributed by atoms with Crippen molar-refractivity contribution in [2.45, 2.75) is 12.5 Å². The topological polar surface area (TPSA) is 30.5 Å². The van der Waals surface area contributed by atoms with Gasteiger partial charge in [0, 0.05) is 6.42 Å². The highest BCUT2D eigenvalue weighted by Crippen LogP contribution is 2.22. The fourth-order valence-corrected chi connectivity index (χ4v) is 2.27. The lowest BCUT2D eigenvalue weighted by molar-refractivity contribution is 0.0519. The van der Waals surface area contributed by atoms with E-state index in [2.05, 4.69) is 5.48 Å². The minimum absolute atomic E-state index is 0.0624. The number of halogens is 1. The van der Waals surface area contributed by atoms with E-state index in [9.17, 15) is 4.39 Å². The largest absolute Gasteiger partial charge is 0.497 e. The van der Waals surface area contributed by atoms with Crippen LogP contribution in [0.1, 0.15) is 11.1 Å². The second-order valence-corrected chi connectivity index (χ2v) is 4.90. The minimum atomic E-state index is -0.223. The standard InChI is InChI=1S/C17H16FNO2/c1-20-15-8-4-13(5-9-15)17-11-16(21-19-17)10-12-2-6-14(18)7-3-12/h2-9,11,16,19H,10H2,1H3. The Morgan fingerprint density at radius 3 is 2.48 bits per heavy atom. The van der Waals surface area contributed by atoms with Crippen LogP contribution >= 0.6 is 0 Å². The molecule has 0 amide bonds. The van der Waals surface area contributed by atoms with E-state index >= 15 is 0 Å². The second kappa shape index (κ2) is 5.97. The van der Waals surface area contributed by atoms with Gasteiger partial charge in [0.05, 0.1) is 12.8 Å². The van der Waals surface area contributed by atoms with Crippen LogP contribution in [0.3, 0.4) is 0 Å². The first-order chi connectivity index (χ1) is 10.2. The monoisotopic (exact) mass is 285 g/mol. The quantitative estimate of drug-likeness (QED) is 0.934. The molecule has 1 atom stereocenters. The molecule has 0 spiro atoms. The molecule has 3 rings (SSSR count). The molecular formula is C17H16FNO2. The van der Waals surface area contributed by atoms with Crippen LogP contribution in [-0.2, 0) is 11.3 Å². The van der Waals surface area contributed by atoms with Crippen LogP contribution in [0.15, 0.2) is 54.6 Å². The normalized spacial score (nSPS) is 17.2. The summed E-state index contributed by atoms with van der Waals surface area (Å²) < 4.78 is 18.0. The van der Waals surface area contributed by atoms with Crippen molar-refractivity contribution in [3.63, 3.8) is 0 Å². The predicted octanol–water partition coefficient (Wildman–Crippen LogP) is 3.32. The Labute approximate surface area is 123 Å². The van der Waals surface area contributed by atoms with Gasteiger partial charge < -0.3 is 4.74 Å². The summed E-state index contributed by atoms with van der Waals surface area (Å²) >= 11 is 0. The molecular weight excluding hydrogens is 269 g/mol. The van der Waals surface area contributed by atoms with Crippen LogP contribution in [0.4, 0.5) is 4.39 Å². The summed E-state index contributed by atoms with van der Waals surface area (Å²) in [5, 5.41) is 0. The Hall–Kier alpha value is -2.33. The Bertz CT molecular complexity index is 635. The van der Waals surface area contributed by atoms with E-state index in [1.165, 1.54) is 12.1 Å². The summed E-state index contributed by atoms with van der Waals surface area (Å²) in [5.74, 6) is 0.597. The summed E-state index contributed by atoms with van der Waals surface area (Å²) in [7, 11) is 1.64. The van der Waals surface area contributed by atoms with Crippen LogP contribution in [0, 0.1) is 5.82 Å². The number of benzene rings is 2. The zero-order chi connectivity index (χ0) is 14.7. The maximum Gasteiger partial charge on any atom is 0.123 e. The molecule has 0 bridgehead atoms. The lowest BCUT2D eigenvalue weighted by Crippen LogP contribution is -2.14. The van der Waals surface area contributed by atoms with Gasteiger partial charge in [-0.3, -0.25) is 10.3 Å². The third-order valence-electron chi connectivity index (χ3n) is 3.42. The van der Waals surface area contributed by atoms with Gasteiger partial charge in [0.25, 0.3) is 0 Å². The van der Waals surface area contributed by atoms with Crippen molar-refractivity contribution in [3.8, 4) is 5.75 Å². The molecule has 1 heterocycles. The van der Waals surface area contributed by atoms with Gasteiger partial charge in [-0.15, -0.1) is 0 Å². The number of nitrogens with one attached hydrogen (secondary N) is 1. The van der Waals surface area contributed by atoms with E-state index in [4.69, 9.17) is 9.57 Å². The summed E-state index contributed by atoms with van der Waals surface area (Å²) in [5.41, 5.74) is 5.95. The Kier molecular flexibility index (Phi) is 3.88. The Balaban J connectivity index is 1.69. The number of hydrogen-bond acceptors (Lipinski definition) is 3. The van der Waals surface area contributed by atoms with Crippen molar-refractivity contribution >= 4 is 5.70 Å². The lowest BCUT2D eigenvalue weighted by Gasteiger charge is -2.07. The van der Waals surface area contributed by atoms with Crippen molar-refractivity contribution in [2.75, 3.05) is 7.11 Å². The maximum absolute atomic E-state index is 12.9. The molecule has 1 aliphatic heterocycles. The predicted molar refractivity (Wildman–Crippen MR) is 79.1 cm³/mol. The fourth-order valence-electron chi connectivity index (χ4n) is 2.27. The van der Waals surface area contributed by atoms with E-state index in [1.54, 1.807) is 19.2 Å². The summed E-state index contributed by atoms with van der Waals surface area (Å²) in [6, 6.07) is 14.2. The molecule has 0 aromatic heterocycles. The van der Waals surface area contributed by atoms with Gasteiger partial charge in [-0.05, 0) is 53.6 Å². The van der Waals surface area contributed by atoms with Gasteiger partial charge in [0.2, 0.25) is 0 Å². The van der Waals surface area contributed by atoms with Crippen LogP contribution in [-0.4, -0.2) is 13.2 Å². The molecule has 4 heteroatoms. The lowest BCUT2D eigenvalue weighted by atomic mass is 10.1. The molecule has 21 heavy (non-hydrogen) atoms. The third-order valence-corrected chi connectivity index (χ3v) is 3.42. The average molecular weight is 285 g/mol. The van der Waals surface area contributed by atoms with Gasteiger partial charge in [-0.1, -0.05) is 12.1 Å². The van der Waals surface area contributed by atoms with Gasteiger partial charge in [0.15, 0.2) is 0 Å². The number of methoxy groups -OCH3 is 1. The summed E-state index contributed by atoms with van der Waals surface area (Å²) in [4.78, 5) is 5.54. The number of rotatable bonds is 4. The molecule has 1 unspecified atom stereocenters. The molecule has 0 saturated heterocycles. The SMILES string of the molecule is COc1ccc(C2=CC(Cc3ccc(F)cc3)ON2)cc1. The zero-order valence-electron chi connectivity index (χ0n) is 11.7. The number of hydrogen-bond donors (Lipinski definition) is 1.